The van der Waals surface area contributed by atoms with Crippen LogP contribution in [0.2, 0.25) is 0 Å². The van der Waals surface area contributed by atoms with Crippen molar-refractivity contribution in [3.8, 4) is 10.7 Å². The Morgan fingerprint density at radius 3 is 2.45 bits per heavy atom. The number of rotatable bonds is 4. The molecule has 0 saturated heterocycles. The smallest absolute Gasteiger partial charge is 0.327 e. The van der Waals surface area contributed by atoms with Crippen LogP contribution in [0.25, 0.3) is 16.3 Å². The number of hydrogen-bond donors (Lipinski definition) is 1. The zero-order valence-electron chi connectivity index (χ0n) is 17.7. The molecule has 2 aromatic heterocycles. The largest absolute Gasteiger partial charge is 0.334 e. The number of nitrogens with one attached hydrogen (secondary N) is 1. The molecule has 1 aliphatic rings. The molecule has 0 aliphatic carbocycles. The van der Waals surface area contributed by atoms with Gasteiger partial charge in [0.05, 0.1) is 22.2 Å². The summed E-state index contributed by atoms with van der Waals surface area (Å²) in [7, 11) is 0. The Bertz CT molecular complexity index is 1340. The number of amides is 2. The van der Waals surface area contributed by atoms with Crippen LogP contribution in [0.15, 0.2) is 70.2 Å². The Hall–Kier alpha value is -3.85. The summed E-state index contributed by atoms with van der Waals surface area (Å²) in [5.74, 6) is -0.942. The minimum Gasteiger partial charge on any atom is -0.334 e. The maximum Gasteiger partial charge on any atom is 0.327 e. The third kappa shape index (κ3) is 3.91. The second-order valence-electron chi connectivity index (χ2n) is 7.66. The summed E-state index contributed by atoms with van der Waals surface area (Å²) in [5.41, 5.74) is 2.90. The SMILES string of the molecule is CC1=C(c2nc(-c3cccs3)no2)C(c2ccc(C)cc2)NC(=O)N1c1cc(F)cc(F)c1. The van der Waals surface area contributed by atoms with Crippen LogP contribution < -0.4 is 10.2 Å². The molecule has 3 heterocycles. The average Bonchev–Trinajstić information content (AvgIpc) is 3.45. The van der Waals surface area contributed by atoms with E-state index >= 15 is 0 Å². The van der Waals surface area contributed by atoms with Gasteiger partial charge in [0, 0.05) is 11.8 Å². The van der Waals surface area contributed by atoms with Gasteiger partial charge in [-0.2, -0.15) is 4.98 Å². The molecule has 2 aromatic carbocycles. The third-order valence-corrected chi connectivity index (χ3v) is 6.26. The number of aryl methyl sites for hydroxylation is 1. The van der Waals surface area contributed by atoms with E-state index in [1.54, 1.807) is 6.92 Å². The first-order valence-corrected chi connectivity index (χ1v) is 11.0. The summed E-state index contributed by atoms with van der Waals surface area (Å²) in [6, 6.07) is 13.3. The fraction of sp³-hybridized carbons (Fsp3) is 0.125. The Kier molecular flexibility index (Phi) is 5.26. The summed E-state index contributed by atoms with van der Waals surface area (Å²) < 4.78 is 33.5. The molecule has 166 valence electrons. The number of nitrogens with zero attached hydrogens (tertiary/aromatic N) is 3. The normalized spacial score (nSPS) is 16.3. The molecule has 0 saturated carbocycles. The highest BCUT2D eigenvalue weighted by Gasteiger charge is 2.36. The van der Waals surface area contributed by atoms with Crippen molar-refractivity contribution in [3.63, 3.8) is 0 Å². The number of urea groups is 1. The molecule has 9 heteroatoms. The van der Waals surface area contributed by atoms with Gasteiger partial charge in [0.15, 0.2) is 0 Å². The standard InChI is InChI=1S/C24H18F2N4O2S/c1-13-5-7-15(8-6-13)21-20(23-28-22(29-32-23)19-4-3-9-33-19)14(2)30(24(31)27-21)18-11-16(25)10-17(26)12-18/h3-12,21H,1-2H3,(H,27,31). The highest BCUT2D eigenvalue weighted by atomic mass is 32.1. The zero-order chi connectivity index (χ0) is 23.1. The lowest BCUT2D eigenvalue weighted by molar-refractivity contribution is 0.244. The molecule has 33 heavy (non-hydrogen) atoms. The van der Waals surface area contributed by atoms with Crippen LogP contribution in [0.5, 0.6) is 0 Å². The van der Waals surface area contributed by atoms with E-state index in [0.717, 1.165) is 34.2 Å². The van der Waals surface area contributed by atoms with Crippen molar-refractivity contribution in [1.82, 2.24) is 15.5 Å². The number of thiophene rings is 1. The van der Waals surface area contributed by atoms with E-state index < -0.39 is 23.7 Å². The molecule has 6 nitrogen and oxygen atoms in total. The van der Waals surface area contributed by atoms with E-state index in [1.807, 2.05) is 48.7 Å². The molecule has 5 rings (SSSR count). The zero-order valence-corrected chi connectivity index (χ0v) is 18.5. The number of benzene rings is 2. The van der Waals surface area contributed by atoms with Gasteiger partial charge in [-0.3, -0.25) is 4.90 Å². The maximum absolute atomic E-state index is 13.9. The molecule has 1 atom stereocenters. The van der Waals surface area contributed by atoms with Crippen LogP contribution in [0.1, 0.15) is 30.0 Å². The van der Waals surface area contributed by atoms with Crippen molar-refractivity contribution in [3.05, 3.63) is 94.3 Å². The predicted octanol–water partition coefficient (Wildman–Crippen LogP) is 6.09. The predicted molar refractivity (Wildman–Crippen MR) is 121 cm³/mol. The Labute approximate surface area is 192 Å². The van der Waals surface area contributed by atoms with Gasteiger partial charge in [0.25, 0.3) is 5.89 Å². The minimum absolute atomic E-state index is 0.0559. The number of halogens is 2. The molecule has 0 fully saturated rings. The van der Waals surface area contributed by atoms with Gasteiger partial charge in [-0.05, 0) is 43.0 Å². The molecule has 0 radical (unpaired) electrons. The van der Waals surface area contributed by atoms with Crippen molar-refractivity contribution in [1.29, 1.82) is 0 Å². The first-order chi connectivity index (χ1) is 15.9. The lowest BCUT2D eigenvalue weighted by atomic mass is 9.94. The van der Waals surface area contributed by atoms with Crippen LogP contribution in [-0.2, 0) is 0 Å². The number of aromatic nitrogens is 2. The van der Waals surface area contributed by atoms with E-state index in [4.69, 9.17) is 4.52 Å². The number of carbonyl (C=O) groups excluding carboxylic acids is 1. The van der Waals surface area contributed by atoms with E-state index in [0.29, 0.717) is 17.1 Å². The van der Waals surface area contributed by atoms with E-state index in [2.05, 4.69) is 15.5 Å². The van der Waals surface area contributed by atoms with Crippen LogP contribution in [0, 0.1) is 18.6 Å². The molecule has 1 N–H and O–H groups in total. The van der Waals surface area contributed by atoms with Gasteiger partial charge in [-0.15, -0.1) is 11.3 Å². The van der Waals surface area contributed by atoms with Gasteiger partial charge in [0.1, 0.15) is 11.6 Å². The fourth-order valence-corrected chi connectivity index (χ4v) is 4.50. The molecular weight excluding hydrogens is 446 g/mol. The third-order valence-electron chi connectivity index (χ3n) is 5.40. The lowest BCUT2D eigenvalue weighted by Crippen LogP contribution is -2.46. The summed E-state index contributed by atoms with van der Waals surface area (Å²) >= 11 is 1.47. The average molecular weight is 464 g/mol. The number of allylic oxidation sites excluding steroid dienone is 1. The topological polar surface area (TPSA) is 71.3 Å². The van der Waals surface area contributed by atoms with E-state index in [-0.39, 0.29) is 11.6 Å². The molecule has 0 spiro atoms. The molecule has 4 aromatic rings. The second kappa shape index (κ2) is 8.25. The Morgan fingerprint density at radius 1 is 1.06 bits per heavy atom. The molecule has 0 bridgehead atoms. The summed E-state index contributed by atoms with van der Waals surface area (Å²) in [4.78, 5) is 19.7. The molecular formula is C24H18F2N4O2S. The monoisotopic (exact) mass is 464 g/mol. The highest BCUT2D eigenvalue weighted by Crippen LogP contribution is 2.39. The summed E-state index contributed by atoms with van der Waals surface area (Å²) in [6.07, 6.45) is 0. The van der Waals surface area contributed by atoms with Crippen LogP contribution >= 0.6 is 11.3 Å². The van der Waals surface area contributed by atoms with Gasteiger partial charge < -0.3 is 9.84 Å². The van der Waals surface area contributed by atoms with Crippen LogP contribution in [0.3, 0.4) is 0 Å². The maximum atomic E-state index is 13.9. The van der Waals surface area contributed by atoms with Gasteiger partial charge in [-0.1, -0.05) is 41.1 Å². The minimum atomic E-state index is -0.787. The molecule has 1 unspecified atom stereocenters. The van der Waals surface area contributed by atoms with E-state index in [9.17, 15) is 13.6 Å². The van der Waals surface area contributed by atoms with Crippen molar-refractivity contribution >= 4 is 28.6 Å². The Balaban J connectivity index is 1.68. The van der Waals surface area contributed by atoms with Gasteiger partial charge >= 0.3 is 6.03 Å². The number of anilines is 1. The first kappa shape index (κ1) is 21.0. The summed E-state index contributed by atoms with van der Waals surface area (Å²) in [6.45, 7) is 3.66. The number of carbonyl (C=O) groups is 1. The molecule has 2 amide bonds. The van der Waals surface area contributed by atoms with E-state index in [1.165, 1.54) is 16.2 Å². The van der Waals surface area contributed by atoms with Gasteiger partial charge in [0.2, 0.25) is 5.82 Å². The number of hydrogen-bond acceptors (Lipinski definition) is 5. The van der Waals surface area contributed by atoms with Crippen LogP contribution in [-0.4, -0.2) is 16.2 Å². The second-order valence-corrected chi connectivity index (χ2v) is 8.60. The van der Waals surface area contributed by atoms with Crippen molar-refractivity contribution in [2.75, 3.05) is 4.90 Å². The van der Waals surface area contributed by atoms with Crippen LogP contribution in [0.4, 0.5) is 19.3 Å². The van der Waals surface area contributed by atoms with Crippen molar-refractivity contribution < 1.29 is 18.1 Å². The highest BCUT2D eigenvalue weighted by molar-refractivity contribution is 7.13. The summed E-state index contributed by atoms with van der Waals surface area (Å²) in [5, 5.41) is 8.92. The fourth-order valence-electron chi connectivity index (χ4n) is 3.85. The first-order valence-electron chi connectivity index (χ1n) is 10.1. The Morgan fingerprint density at radius 2 is 1.79 bits per heavy atom. The lowest BCUT2D eigenvalue weighted by Gasteiger charge is -2.35. The quantitative estimate of drug-likeness (QED) is 0.397. The van der Waals surface area contributed by atoms with Gasteiger partial charge in [-0.25, -0.2) is 13.6 Å². The van der Waals surface area contributed by atoms with Crippen molar-refractivity contribution in [2.24, 2.45) is 0 Å². The van der Waals surface area contributed by atoms with Crippen molar-refractivity contribution in [2.45, 2.75) is 19.9 Å². The molecule has 1 aliphatic heterocycles.